The lowest BCUT2D eigenvalue weighted by atomic mass is 10.0. The number of nitrogens with zero attached hydrogens (tertiary/aromatic N) is 3. The third-order valence-electron chi connectivity index (χ3n) is 5.08. The SMILES string of the molecule is CCCCCc1sc2nc(N3CCSCC3)nc(N)c2c1CCCCC. The molecule has 1 aliphatic rings. The monoisotopic (exact) mass is 392 g/mol. The molecule has 26 heavy (non-hydrogen) atoms. The van der Waals surface area contributed by atoms with Crippen molar-refractivity contribution in [3.05, 3.63) is 10.4 Å². The number of nitrogen functional groups attached to an aromatic ring is 1. The van der Waals surface area contributed by atoms with E-state index < -0.39 is 0 Å². The topological polar surface area (TPSA) is 55.0 Å². The smallest absolute Gasteiger partial charge is 0.228 e. The first-order valence-electron chi connectivity index (χ1n) is 10.1. The fraction of sp³-hybridized carbons (Fsp3) is 0.700. The third kappa shape index (κ3) is 4.63. The maximum Gasteiger partial charge on any atom is 0.228 e. The molecule has 1 fully saturated rings. The Morgan fingerprint density at radius 2 is 1.65 bits per heavy atom. The number of anilines is 2. The third-order valence-corrected chi connectivity index (χ3v) is 7.21. The molecule has 6 heteroatoms. The molecule has 2 aromatic heterocycles. The molecule has 0 unspecified atom stereocenters. The second kappa shape index (κ2) is 9.79. The lowest BCUT2D eigenvalue weighted by molar-refractivity contribution is 0.701. The van der Waals surface area contributed by atoms with Crippen LogP contribution in [-0.4, -0.2) is 34.6 Å². The summed E-state index contributed by atoms with van der Waals surface area (Å²) >= 11 is 3.87. The molecular formula is C20H32N4S2. The van der Waals surface area contributed by atoms with Gasteiger partial charge < -0.3 is 10.6 Å². The first kappa shape index (κ1) is 19.7. The average Bonchev–Trinajstić information content (AvgIpc) is 3.01. The van der Waals surface area contributed by atoms with Gasteiger partial charge in [0.25, 0.3) is 0 Å². The molecule has 2 aromatic rings. The number of aryl methyl sites for hydroxylation is 2. The van der Waals surface area contributed by atoms with Crippen LogP contribution in [0.15, 0.2) is 0 Å². The van der Waals surface area contributed by atoms with Gasteiger partial charge in [-0.15, -0.1) is 11.3 Å². The molecular weight excluding hydrogens is 360 g/mol. The molecule has 0 spiro atoms. The van der Waals surface area contributed by atoms with Crippen LogP contribution in [0.2, 0.25) is 0 Å². The van der Waals surface area contributed by atoms with Crippen LogP contribution in [0.1, 0.15) is 62.8 Å². The molecule has 4 nitrogen and oxygen atoms in total. The van der Waals surface area contributed by atoms with Gasteiger partial charge in [-0.3, -0.25) is 0 Å². The minimum Gasteiger partial charge on any atom is -0.383 e. The van der Waals surface area contributed by atoms with Crippen molar-refractivity contribution in [2.75, 3.05) is 35.2 Å². The lowest BCUT2D eigenvalue weighted by Crippen LogP contribution is -2.33. The first-order chi connectivity index (χ1) is 12.7. The van der Waals surface area contributed by atoms with Crippen LogP contribution >= 0.6 is 23.1 Å². The van der Waals surface area contributed by atoms with E-state index in [-0.39, 0.29) is 0 Å². The van der Waals surface area contributed by atoms with Crippen LogP contribution < -0.4 is 10.6 Å². The van der Waals surface area contributed by atoms with Crippen molar-refractivity contribution in [2.45, 2.75) is 65.2 Å². The highest BCUT2D eigenvalue weighted by Gasteiger charge is 2.20. The molecule has 1 saturated heterocycles. The van der Waals surface area contributed by atoms with Gasteiger partial charge >= 0.3 is 0 Å². The molecule has 3 heterocycles. The summed E-state index contributed by atoms with van der Waals surface area (Å²) in [5, 5.41) is 1.15. The summed E-state index contributed by atoms with van der Waals surface area (Å²) in [5.41, 5.74) is 7.90. The molecule has 0 atom stereocenters. The Morgan fingerprint density at radius 1 is 0.962 bits per heavy atom. The summed E-state index contributed by atoms with van der Waals surface area (Å²) in [6, 6.07) is 0. The highest BCUT2D eigenvalue weighted by atomic mass is 32.2. The molecule has 0 aromatic carbocycles. The highest BCUT2D eigenvalue weighted by molar-refractivity contribution is 7.99. The van der Waals surface area contributed by atoms with Crippen molar-refractivity contribution in [1.82, 2.24) is 9.97 Å². The van der Waals surface area contributed by atoms with E-state index in [1.54, 1.807) is 0 Å². The minimum absolute atomic E-state index is 0.688. The van der Waals surface area contributed by atoms with E-state index in [1.807, 2.05) is 23.1 Å². The van der Waals surface area contributed by atoms with Crippen LogP contribution in [0.3, 0.4) is 0 Å². The molecule has 3 rings (SSSR count). The Balaban J connectivity index is 1.92. The highest BCUT2D eigenvalue weighted by Crippen LogP contribution is 2.36. The summed E-state index contributed by atoms with van der Waals surface area (Å²) in [6.45, 7) is 6.57. The van der Waals surface area contributed by atoms with E-state index in [9.17, 15) is 0 Å². The van der Waals surface area contributed by atoms with Crippen molar-refractivity contribution < 1.29 is 0 Å². The van der Waals surface area contributed by atoms with Gasteiger partial charge in [0.1, 0.15) is 10.6 Å². The number of thioether (sulfide) groups is 1. The Bertz CT molecular complexity index is 707. The molecule has 0 bridgehead atoms. The predicted molar refractivity (Wildman–Crippen MR) is 118 cm³/mol. The largest absolute Gasteiger partial charge is 0.383 e. The number of thiophene rings is 1. The Kier molecular flexibility index (Phi) is 7.43. The van der Waals surface area contributed by atoms with Gasteiger partial charge in [0.2, 0.25) is 5.95 Å². The molecule has 0 aliphatic carbocycles. The van der Waals surface area contributed by atoms with Gasteiger partial charge in [-0.25, -0.2) is 4.98 Å². The standard InChI is InChI=1S/C20H32N4S2/c1-3-5-7-9-15-16(10-8-6-4-2)26-19-17(15)18(21)22-20(23-19)24-11-13-25-14-12-24/h3-14H2,1-2H3,(H2,21,22,23). The van der Waals surface area contributed by atoms with Gasteiger partial charge in [0.15, 0.2) is 0 Å². The van der Waals surface area contributed by atoms with E-state index in [1.165, 1.54) is 49.0 Å². The van der Waals surface area contributed by atoms with Crippen molar-refractivity contribution >= 4 is 45.1 Å². The van der Waals surface area contributed by atoms with E-state index in [0.717, 1.165) is 53.6 Å². The van der Waals surface area contributed by atoms with Crippen LogP contribution in [0.4, 0.5) is 11.8 Å². The predicted octanol–water partition coefficient (Wildman–Crippen LogP) is 5.29. The zero-order chi connectivity index (χ0) is 18.4. The molecule has 144 valence electrons. The average molecular weight is 393 g/mol. The van der Waals surface area contributed by atoms with Crippen LogP contribution in [0, 0.1) is 0 Å². The quantitative estimate of drug-likeness (QED) is 0.587. The van der Waals surface area contributed by atoms with Crippen molar-refractivity contribution in [3.8, 4) is 0 Å². The Morgan fingerprint density at radius 3 is 2.35 bits per heavy atom. The maximum atomic E-state index is 6.46. The van der Waals surface area contributed by atoms with Crippen LogP contribution in [0.25, 0.3) is 10.2 Å². The van der Waals surface area contributed by atoms with Crippen molar-refractivity contribution in [2.24, 2.45) is 0 Å². The summed E-state index contributed by atoms with van der Waals surface area (Å²) in [7, 11) is 0. The van der Waals surface area contributed by atoms with Gasteiger partial charge in [0.05, 0.1) is 5.39 Å². The lowest BCUT2D eigenvalue weighted by Gasteiger charge is -2.26. The fourth-order valence-electron chi connectivity index (χ4n) is 3.58. The van der Waals surface area contributed by atoms with E-state index >= 15 is 0 Å². The van der Waals surface area contributed by atoms with Gasteiger partial charge in [-0.1, -0.05) is 39.5 Å². The van der Waals surface area contributed by atoms with Crippen molar-refractivity contribution in [3.63, 3.8) is 0 Å². The molecule has 0 saturated carbocycles. The van der Waals surface area contributed by atoms with E-state index in [0.29, 0.717) is 5.82 Å². The van der Waals surface area contributed by atoms with Crippen molar-refractivity contribution in [1.29, 1.82) is 0 Å². The zero-order valence-corrected chi connectivity index (χ0v) is 17.9. The number of nitrogens with two attached hydrogens (primary N) is 1. The number of hydrogen-bond acceptors (Lipinski definition) is 6. The van der Waals surface area contributed by atoms with Crippen LogP contribution in [-0.2, 0) is 12.8 Å². The number of aromatic nitrogens is 2. The van der Waals surface area contributed by atoms with E-state index in [2.05, 4.69) is 18.7 Å². The van der Waals surface area contributed by atoms with Crippen LogP contribution in [0.5, 0.6) is 0 Å². The second-order valence-electron chi connectivity index (χ2n) is 7.11. The molecule has 1 aliphatic heterocycles. The minimum atomic E-state index is 0.688. The number of unbranched alkanes of at least 4 members (excludes halogenated alkanes) is 4. The van der Waals surface area contributed by atoms with Gasteiger partial charge in [-0.05, 0) is 31.2 Å². The summed E-state index contributed by atoms with van der Waals surface area (Å²) in [5.74, 6) is 3.82. The van der Waals surface area contributed by atoms with E-state index in [4.69, 9.17) is 15.7 Å². The normalized spacial score (nSPS) is 15.1. The molecule has 0 radical (unpaired) electrons. The molecule has 0 amide bonds. The maximum absolute atomic E-state index is 6.46. The number of fused-ring (bicyclic) bond motifs is 1. The van der Waals surface area contributed by atoms with Gasteiger partial charge in [0, 0.05) is 29.5 Å². The Labute approximate surface area is 166 Å². The number of rotatable bonds is 9. The Hall–Kier alpha value is -1.01. The first-order valence-corrected chi connectivity index (χ1v) is 12.1. The van der Waals surface area contributed by atoms with Gasteiger partial charge in [-0.2, -0.15) is 16.7 Å². The summed E-state index contributed by atoms with van der Waals surface area (Å²) in [6.07, 6.45) is 9.83. The fourth-order valence-corrected chi connectivity index (χ4v) is 5.75. The molecule has 2 N–H and O–H groups in total. The summed E-state index contributed by atoms with van der Waals surface area (Å²) in [4.78, 5) is 14.5. The second-order valence-corrected chi connectivity index (χ2v) is 9.41. The summed E-state index contributed by atoms with van der Waals surface area (Å²) < 4.78 is 0. The number of hydrogen-bond donors (Lipinski definition) is 1. The zero-order valence-electron chi connectivity index (χ0n) is 16.2.